The van der Waals surface area contributed by atoms with E-state index in [9.17, 15) is 0 Å². The van der Waals surface area contributed by atoms with Crippen LogP contribution in [0.5, 0.6) is 0 Å². The predicted octanol–water partition coefficient (Wildman–Crippen LogP) is 4.52. The summed E-state index contributed by atoms with van der Waals surface area (Å²) in [6, 6.07) is 2.70. The molecule has 1 aliphatic heterocycles. The molecule has 1 aromatic heterocycles. The van der Waals surface area contributed by atoms with Crippen molar-refractivity contribution in [2.45, 2.75) is 64.8 Å². The van der Waals surface area contributed by atoms with Crippen LogP contribution in [0.1, 0.15) is 64.6 Å². The Morgan fingerprint density at radius 3 is 2.79 bits per heavy atom. The number of anilines is 1. The molecule has 2 rings (SSSR count). The van der Waals surface area contributed by atoms with Gasteiger partial charge in [-0.1, -0.05) is 33.6 Å². The van der Waals surface area contributed by atoms with Crippen LogP contribution in [0.2, 0.25) is 0 Å². The first-order valence-corrected chi connectivity index (χ1v) is 8.22. The summed E-state index contributed by atoms with van der Waals surface area (Å²) in [6.45, 7) is 7.69. The fraction of sp³-hybridized carbons (Fsp3) is 0.733. The van der Waals surface area contributed by atoms with Gasteiger partial charge >= 0.3 is 0 Å². The zero-order valence-electron chi connectivity index (χ0n) is 12.2. The van der Waals surface area contributed by atoms with Gasteiger partial charge in [-0.05, 0) is 35.2 Å². The van der Waals surface area contributed by atoms with Gasteiger partial charge in [-0.25, -0.2) is 9.97 Å². The molecule has 0 aromatic carbocycles. The molecule has 0 saturated carbocycles. The van der Waals surface area contributed by atoms with E-state index in [-0.39, 0.29) is 0 Å². The Hall–Kier alpha value is -0.640. The van der Waals surface area contributed by atoms with Gasteiger partial charge in [0.2, 0.25) is 0 Å². The van der Waals surface area contributed by atoms with E-state index < -0.39 is 0 Å². The lowest BCUT2D eigenvalue weighted by atomic mass is 10.1. The summed E-state index contributed by atoms with van der Waals surface area (Å²) in [5.74, 6) is 2.39. The average molecular weight is 326 g/mol. The third-order valence-electron chi connectivity index (χ3n) is 3.86. The highest BCUT2D eigenvalue weighted by atomic mass is 79.9. The smallest absolute Gasteiger partial charge is 0.134 e. The number of halogens is 1. The minimum Gasteiger partial charge on any atom is -0.354 e. The van der Waals surface area contributed by atoms with Crippen LogP contribution in [-0.2, 0) is 0 Å². The maximum atomic E-state index is 4.78. The Morgan fingerprint density at radius 2 is 2.11 bits per heavy atom. The Bertz CT molecular complexity index is 420. The van der Waals surface area contributed by atoms with Crippen LogP contribution < -0.4 is 4.90 Å². The molecule has 1 unspecified atom stereocenters. The summed E-state index contributed by atoms with van der Waals surface area (Å²) in [5, 5.41) is 0. The van der Waals surface area contributed by atoms with Crippen molar-refractivity contribution in [2.75, 3.05) is 11.4 Å². The summed E-state index contributed by atoms with van der Waals surface area (Å²) in [4.78, 5) is 11.8. The van der Waals surface area contributed by atoms with Crippen molar-refractivity contribution in [3.8, 4) is 0 Å². The molecule has 0 aliphatic carbocycles. The highest BCUT2D eigenvalue weighted by Gasteiger charge is 2.22. The second-order valence-electron chi connectivity index (χ2n) is 5.67. The van der Waals surface area contributed by atoms with Gasteiger partial charge in [-0.15, -0.1) is 0 Å². The topological polar surface area (TPSA) is 29.0 Å². The first kappa shape index (κ1) is 14.8. The maximum Gasteiger partial charge on any atom is 0.134 e. The van der Waals surface area contributed by atoms with Crippen LogP contribution in [0.25, 0.3) is 0 Å². The summed E-state index contributed by atoms with van der Waals surface area (Å²) in [7, 11) is 0. The SMILES string of the molecule is CCC1CCCCCN1c1cc(Br)nc(C(C)C)n1. The molecule has 4 heteroatoms. The van der Waals surface area contributed by atoms with Crippen LogP contribution in [0, 0.1) is 0 Å². The minimum atomic E-state index is 0.364. The molecule has 0 radical (unpaired) electrons. The Balaban J connectivity index is 2.32. The Kier molecular flexibility index (Phi) is 5.20. The average Bonchev–Trinajstić information content (AvgIpc) is 2.62. The monoisotopic (exact) mass is 325 g/mol. The van der Waals surface area contributed by atoms with Gasteiger partial charge in [-0.2, -0.15) is 0 Å². The normalized spacial score (nSPS) is 20.7. The van der Waals surface area contributed by atoms with Gasteiger partial charge in [0.15, 0.2) is 0 Å². The van der Waals surface area contributed by atoms with Crippen LogP contribution in [0.15, 0.2) is 10.7 Å². The van der Waals surface area contributed by atoms with Crippen molar-refractivity contribution >= 4 is 21.7 Å². The van der Waals surface area contributed by atoms with Crippen molar-refractivity contribution in [3.63, 3.8) is 0 Å². The molecule has 3 nitrogen and oxygen atoms in total. The summed E-state index contributed by atoms with van der Waals surface area (Å²) in [5.41, 5.74) is 0. The van der Waals surface area contributed by atoms with Crippen LogP contribution in [-0.4, -0.2) is 22.6 Å². The number of hydrogen-bond donors (Lipinski definition) is 0. The number of aromatic nitrogens is 2. The van der Waals surface area contributed by atoms with Crippen molar-refractivity contribution in [3.05, 3.63) is 16.5 Å². The van der Waals surface area contributed by atoms with Gasteiger partial charge in [0.25, 0.3) is 0 Å². The minimum absolute atomic E-state index is 0.364. The van der Waals surface area contributed by atoms with E-state index in [1.54, 1.807) is 0 Å². The number of nitrogens with zero attached hydrogens (tertiary/aromatic N) is 3. The van der Waals surface area contributed by atoms with Crippen LogP contribution in [0.4, 0.5) is 5.82 Å². The highest BCUT2D eigenvalue weighted by molar-refractivity contribution is 9.10. The molecule has 1 saturated heterocycles. The summed E-state index contributed by atoms with van der Waals surface area (Å²) < 4.78 is 0.903. The molecule has 1 aliphatic rings. The van der Waals surface area contributed by atoms with Gasteiger partial charge in [0, 0.05) is 24.6 Å². The van der Waals surface area contributed by atoms with Gasteiger partial charge in [0.1, 0.15) is 16.2 Å². The first-order chi connectivity index (χ1) is 9.11. The quantitative estimate of drug-likeness (QED) is 0.765. The predicted molar refractivity (Wildman–Crippen MR) is 83.7 cm³/mol. The second kappa shape index (κ2) is 6.69. The molecule has 0 N–H and O–H groups in total. The zero-order chi connectivity index (χ0) is 13.8. The molecule has 2 heterocycles. The van der Waals surface area contributed by atoms with E-state index in [4.69, 9.17) is 4.98 Å². The lowest BCUT2D eigenvalue weighted by Gasteiger charge is -2.30. The third-order valence-corrected chi connectivity index (χ3v) is 4.26. The van der Waals surface area contributed by atoms with E-state index >= 15 is 0 Å². The Morgan fingerprint density at radius 1 is 1.32 bits per heavy atom. The van der Waals surface area contributed by atoms with Crippen molar-refractivity contribution in [1.82, 2.24) is 9.97 Å². The van der Waals surface area contributed by atoms with E-state index in [0.29, 0.717) is 12.0 Å². The van der Waals surface area contributed by atoms with Crippen molar-refractivity contribution < 1.29 is 0 Å². The van der Waals surface area contributed by atoms with E-state index in [0.717, 1.165) is 22.8 Å². The largest absolute Gasteiger partial charge is 0.354 e. The fourth-order valence-electron chi connectivity index (χ4n) is 2.73. The van der Waals surface area contributed by atoms with E-state index in [2.05, 4.69) is 52.7 Å². The molecule has 1 aromatic rings. The van der Waals surface area contributed by atoms with Crippen molar-refractivity contribution in [2.24, 2.45) is 0 Å². The van der Waals surface area contributed by atoms with Gasteiger partial charge < -0.3 is 4.90 Å². The molecule has 0 bridgehead atoms. The second-order valence-corrected chi connectivity index (χ2v) is 6.48. The zero-order valence-corrected chi connectivity index (χ0v) is 13.8. The third kappa shape index (κ3) is 3.68. The molecule has 1 atom stereocenters. The van der Waals surface area contributed by atoms with Crippen LogP contribution >= 0.6 is 15.9 Å². The lowest BCUT2D eigenvalue weighted by Crippen LogP contribution is -2.35. The number of rotatable bonds is 3. The standard InChI is InChI=1S/C15H24BrN3/c1-4-12-8-6-5-7-9-19(12)14-10-13(16)17-15(18-14)11(2)3/h10-12H,4-9H2,1-3H3. The number of hydrogen-bond acceptors (Lipinski definition) is 3. The van der Waals surface area contributed by atoms with E-state index in [1.165, 1.54) is 32.1 Å². The highest BCUT2D eigenvalue weighted by Crippen LogP contribution is 2.27. The fourth-order valence-corrected chi connectivity index (χ4v) is 3.12. The molecule has 106 valence electrons. The van der Waals surface area contributed by atoms with Gasteiger partial charge in [0.05, 0.1) is 0 Å². The molecule has 19 heavy (non-hydrogen) atoms. The summed E-state index contributed by atoms with van der Waals surface area (Å²) in [6.07, 6.45) is 6.44. The molecule has 0 spiro atoms. The van der Waals surface area contributed by atoms with Gasteiger partial charge in [-0.3, -0.25) is 0 Å². The lowest BCUT2D eigenvalue weighted by molar-refractivity contribution is 0.550. The maximum absolute atomic E-state index is 4.78. The molecular weight excluding hydrogens is 302 g/mol. The summed E-state index contributed by atoms with van der Waals surface area (Å²) >= 11 is 3.53. The van der Waals surface area contributed by atoms with Crippen LogP contribution in [0.3, 0.4) is 0 Å². The first-order valence-electron chi connectivity index (χ1n) is 7.43. The molecule has 1 fully saturated rings. The molecular formula is C15H24BrN3. The molecule has 0 amide bonds. The van der Waals surface area contributed by atoms with Crippen molar-refractivity contribution in [1.29, 1.82) is 0 Å². The Labute approximate surface area is 125 Å². The van der Waals surface area contributed by atoms with E-state index in [1.807, 2.05) is 0 Å².